The monoisotopic (exact) mass is 251 g/mol. The number of likely N-dealkylation sites (N-methyl/N-ethyl adjacent to an activating group) is 1. The fourth-order valence-corrected chi connectivity index (χ4v) is 1.59. The molecule has 0 aliphatic carbocycles. The van der Waals surface area contributed by atoms with Gasteiger partial charge in [-0.1, -0.05) is 0 Å². The van der Waals surface area contributed by atoms with Crippen LogP contribution in [0.15, 0.2) is 18.2 Å². The third kappa shape index (κ3) is 3.03. The van der Waals surface area contributed by atoms with Crippen LogP contribution in [0.3, 0.4) is 0 Å². The molecular formula is C11H13N3O4. The van der Waals surface area contributed by atoms with Crippen molar-refractivity contribution in [2.75, 3.05) is 18.0 Å². The second-order valence-corrected chi connectivity index (χ2v) is 3.60. The highest BCUT2D eigenvalue weighted by molar-refractivity contribution is 5.88. The maximum absolute atomic E-state index is 10.9. The number of benzene rings is 1. The zero-order valence-electron chi connectivity index (χ0n) is 9.83. The summed E-state index contributed by atoms with van der Waals surface area (Å²) in [5.74, 6) is -0.535. The van der Waals surface area contributed by atoms with Crippen LogP contribution in [0.25, 0.3) is 0 Å². The summed E-state index contributed by atoms with van der Waals surface area (Å²) in [6, 6.07) is 3.90. The summed E-state index contributed by atoms with van der Waals surface area (Å²) >= 11 is 0. The second kappa shape index (κ2) is 5.76. The molecule has 2 N–H and O–H groups in total. The molecule has 1 aromatic carbocycles. The number of rotatable bonds is 6. The van der Waals surface area contributed by atoms with Gasteiger partial charge in [0.2, 0.25) is 5.91 Å². The van der Waals surface area contributed by atoms with Gasteiger partial charge >= 0.3 is 0 Å². The molecule has 7 nitrogen and oxygen atoms in total. The number of nitro groups is 1. The standard InChI is InChI=1S/C11H13N3O4/c1-2-13(6-11(12)16)10-4-3-9(14(17)18)5-8(10)7-15/h3-5,7H,2,6H2,1H3,(H2,12,16). The minimum atomic E-state index is -0.582. The number of hydrogen-bond acceptors (Lipinski definition) is 5. The highest BCUT2D eigenvalue weighted by Gasteiger charge is 2.15. The second-order valence-electron chi connectivity index (χ2n) is 3.60. The Bertz CT molecular complexity index is 487. The number of primary amides is 1. The Balaban J connectivity index is 3.18. The van der Waals surface area contributed by atoms with E-state index >= 15 is 0 Å². The number of hydrogen-bond donors (Lipinski definition) is 1. The van der Waals surface area contributed by atoms with E-state index in [0.29, 0.717) is 18.5 Å². The van der Waals surface area contributed by atoms with E-state index in [9.17, 15) is 19.7 Å². The van der Waals surface area contributed by atoms with Crippen molar-refractivity contribution in [3.8, 4) is 0 Å². The molecule has 0 aliphatic rings. The van der Waals surface area contributed by atoms with Gasteiger partial charge in [-0.15, -0.1) is 0 Å². The third-order valence-corrected chi connectivity index (χ3v) is 2.42. The van der Waals surface area contributed by atoms with E-state index in [2.05, 4.69) is 0 Å². The lowest BCUT2D eigenvalue weighted by molar-refractivity contribution is -0.384. The van der Waals surface area contributed by atoms with Crippen LogP contribution < -0.4 is 10.6 Å². The van der Waals surface area contributed by atoms with Crippen molar-refractivity contribution in [2.24, 2.45) is 5.73 Å². The molecule has 18 heavy (non-hydrogen) atoms. The van der Waals surface area contributed by atoms with Crippen molar-refractivity contribution < 1.29 is 14.5 Å². The number of nitrogens with two attached hydrogens (primary N) is 1. The van der Waals surface area contributed by atoms with E-state index < -0.39 is 10.8 Å². The average molecular weight is 251 g/mol. The molecule has 7 heteroatoms. The van der Waals surface area contributed by atoms with Crippen LogP contribution >= 0.6 is 0 Å². The minimum Gasteiger partial charge on any atom is -0.368 e. The highest BCUT2D eigenvalue weighted by Crippen LogP contribution is 2.24. The van der Waals surface area contributed by atoms with Crippen molar-refractivity contribution in [1.82, 2.24) is 0 Å². The molecule has 0 saturated heterocycles. The SMILES string of the molecule is CCN(CC(N)=O)c1ccc([N+](=O)[O-])cc1C=O. The van der Waals surface area contributed by atoms with Gasteiger partial charge in [-0.05, 0) is 13.0 Å². The van der Waals surface area contributed by atoms with Crippen molar-refractivity contribution in [1.29, 1.82) is 0 Å². The molecular weight excluding hydrogens is 238 g/mol. The summed E-state index contributed by atoms with van der Waals surface area (Å²) in [4.78, 5) is 33.4. The molecule has 0 atom stereocenters. The molecule has 0 unspecified atom stereocenters. The molecule has 96 valence electrons. The molecule has 0 aliphatic heterocycles. The molecule has 1 amide bonds. The van der Waals surface area contributed by atoms with Crippen LogP contribution in [0.4, 0.5) is 11.4 Å². The predicted molar refractivity (Wildman–Crippen MR) is 65.6 cm³/mol. The first-order valence-corrected chi connectivity index (χ1v) is 5.26. The largest absolute Gasteiger partial charge is 0.368 e. The van der Waals surface area contributed by atoms with E-state index in [-0.39, 0.29) is 17.8 Å². The molecule has 0 heterocycles. The Hall–Kier alpha value is -2.44. The van der Waals surface area contributed by atoms with Gasteiger partial charge in [0.1, 0.15) is 0 Å². The highest BCUT2D eigenvalue weighted by atomic mass is 16.6. The van der Waals surface area contributed by atoms with Gasteiger partial charge < -0.3 is 10.6 Å². The average Bonchev–Trinajstić information content (AvgIpc) is 2.34. The van der Waals surface area contributed by atoms with Gasteiger partial charge in [0.05, 0.1) is 11.5 Å². The van der Waals surface area contributed by atoms with E-state index in [4.69, 9.17) is 5.73 Å². The predicted octanol–water partition coefficient (Wildman–Crippen LogP) is 0.719. The van der Waals surface area contributed by atoms with Crippen LogP contribution in [-0.2, 0) is 4.79 Å². The maximum atomic E-state index is 10.9. The van der Waals surface area contributed by atoms with Gasteiger partial charge in [0.25, 0.3) is 5.69 Å². The van der Waals surface area contributed by atoms with Crippen LogP contribution in [-0.4, -0.2) is 30.2 Å². The van der Waals surface area contributed by atoms with Crippen LogP contribution in [0.5, 0.6) is 0 Å². The molecule has 1 rings (SSSR count). The number of nitro benzene ring substituents is 1. The normalized spacial score (nSPS) is 9.83. The molecule has 1 aromatic rings. The van der Waals surface area contributed by atoms with Gasteiger partial charge in [0, 0.05) is 29.9 Å². The fraction of sp³-hybridized carbons (Fsp3) is 0.273. The van der Waals surface area contributed by atoms with Crippen LogP contribution in [0.2, 0.25) is 0 Å². The topological polar surface area (TPSA) is 107 Å². The van der Waals surface area contributed by atoms with Crippen LogP contribution in [0, 0.1) is 10.1 Å². The lowest BCUT2D eigenvalue weighted by Gasteiger charge is -2.22. The molecule has 0 bridgehead atoms. The summed E-state index contributed by atoms with van der Waals surface area (Å²) < 4.78 is 0. The van der Waals surface area contributed by atoms with Crippen molar-refractivity contribution in [3.63, 3.8) is 0 Å². The number of non-ortho nitro benzene ring substituents is 1. The minimum absolute atomic E-state index is 0.0465. The Morgan fingerprint density at radius 1 is 1.56 bits per heavy atom. The molecule has 0 radical (unpaired) electrons. The number of carbonyl (C=O) groups is 2. The summed E-state index contributed by atoms with van der Waals surface area (Å²) in [7, 11) is 0. The lowest BCUT2D eigenvalue weighted by Crippen LogP contribution is -2.34. The van der Waals surface area contributed by atoms with E-state index in [1.807, 2.05) is 0 Å². The van der Waals surface area contributed by atoms with E-state index in [0.717, 1.165) is 0 Å². The zero-order valence-corrected chi connectivity index (χ0v) is 9.83. The van der Waals surface area contributed by atoms with Gasteiger partial charge in [-0.3, -0.25) is 19.7 Å². The number of amides is 1. The molecule has 0 spiro atoms. The Morgan fingerprint density at radius 3 is 2.67 bits per heavy atom. The van der Waals surface area contributed by atoms with E-state index in [1.54, 1.807) is 11.8 Å². The summed E-state index contributed by atoms with van der Waals surface area (Å²) in [5.41, 5.74) is 5.54. The first-order valence-electron chi connectivity index (χ1n) is 5.26. The Kier molecular flexibility index (Phi) is 4.36. The van der Waals surface area contributed by atoms with Crippen molar-refractivity contribution >= 4 is 23.6 Å². The molecule has 0 fully saturated rings. The summed E-state index contributed by atoms with van der Waals surface area (Å²) in [5, 5.41) is 10.6. The smallest absolute Gasteiger partial charge is 0.270 e. The first kappa shape index (κ1) is 13.6. The number of nitrogens with zero attached hydrogens (tertiary/aromatic N) is 2. The summed E-state index contributed by atoms with van der Waals surface area (Å²) in [6.07, 6.45) is 0.520. The number of anilines is 1. The van der Waals surface area contributed by atoms with E-state index in [1.165, 1.54) is 18.2 Å². The fourth-order valence-electron chi connectivity index (χ4n) is 1.59. The van der Waals surface area contributed by atoms with Gasteiger partial charge in [-0.25, -0.2) is 0 Å². The number of carbonyl (C=O) groups excluding carboxylic acids is 2. The van der Waals surface area contributed by atoms with Gasteiger partial charge in [0.15, 0.2) is 6.29 Å². The quantitative estimate of drug-likeness (QED) is 0.455. The Labute approximate surface area is 103 Å². The molecule has 0 saturated carbocycles. The molecule has 0 aromatic heterocycles. The van der Waals surface area contributed by atoms with Gasteiger partial charge in [-0.2, -0.15) is 0 Å². The van der Waals surface area contributed by atoms with Crippen molar-refractivity contribution in [3.05, 3.63) is 33.9 Å². The lowest BCUT2D eigenvalue weighted by atomic mass is 10.1. The summed E-state index contributed by atoms with van der Waals surface area (Å²) in [6.45, 7) is 2.20. The Morgan fingerprint density at radius 2 is 2.22 bits per heavy atom. The van der Waals surface area contributed by atoms with Crippen molar-refractivity contribution in [2.45, 2.75) is 6.92 Å². The van der Waals surface area contributed by atoms with Crippen LogP contribution in [0.1, 0.15) is 17.3 Å². The third-order valence-electron chi connectivity index (χ3n) is 2.42. The number of aldehydes is 1. The first-order chi connectivity index (χ1) is 8.49. The zero-order chi connectivity index (χ0) is 13.7. The maximum Gasteiger partial charge on any atom is 0.270 e.